The lowest BCUT2D eigenvalue weighted by molar-refractivity contribution is -0.138. The molecule has 3 aromatic carbocycles. The third kappa shape index (κ3) is 4.06. The van der Waals surface area contributed by atoms with Crippen LogP contribution < -0.4 is 0 Å². The Morgan fingerprint density at radius 2 is 1.75 bits per heavy atom. The molecule has 1 aliphatic rings. The van der Waals surface area contributed by atoms with Gasteiger partial charge in [0.15, 0.2) is 0 Å². The molecule has 5 rings (SSSR count). The normalized spacial score (nSPS) is 17.4. The van der Waals surface area contributed by atoms with Crippen molar-refractivity contribution in [2.45, 2.75) is 37.1 Å². The van der Waals surface area contributed by atoms with E-state index < -0.39 is 33.8 Å². The summed E-state index contributed by atoms with van der Waals surface area (Å²) in [5, 5.41) is 10.1. The molecule has 1 aliphatic heterocycles. The van der Waals surface area contributed by atoms with Crippen molar-refractivity contribution in [2.75, 3.05) is 0 Å². The van der Waals surface area contributed by atoms with Gasteiger partial charge in [0.1, 0.15) is 6.54 Å². The van der Waals surface area contributed by atoms with Crippen molar-refractivity contribution in [3.05, 3.63) is 101 Å². The van der Waals surface area contributed by atoms with E-state index in [1.165, 1.54) is 22.5 Å². The summed E-state index contributed by atoms with van der Waals surface area (Å²) in [6.07, 6.45) is -2.94. The minimum atomic E-state index is -4.57. The van der Waals surface area contributed by atoms with E-state index in [-0.39, 0.29) is 23.5 Å². The number of carboxylic acids is 1. The van der Waals surface area contributed by atoms with Crippen LogP contribution in [0, 0.1) is 6.92 Å². The van der Waals surface area contributed by atoms with Crippen molar-refractivity contribution >= 4 is 26.9 Å². The molecule has 1 N–H and O–H groups in total. The van der Waals surface area contributed by atoms with Gasteiger partial charge in [-0.2, -0.15) is 17.5 Å². The van der Waals surface area contributed by atoms with Crippen LogP contribution in [0.25, 0.3) is 10.9 Å². The molecular weight excluding hydrogens is 493 g/mol. The van der Waals surface area contributed by atoms with Crippen LogP contribution in [0.15, 0.2) is 77.8 Å². The molecule has 1 atom stereocenters. The van der Waals surface area contributed by atoms with Gasteiger partial charge >= 0.3 is 12.1 Å². The quantitative estimate of drug-likeness (QED) is 0.390. The zero-order valence-electron chi connectivity index (χ0n) is 19.0. The number of hydrogen-bond acceptors (Lipinski definition) is 3. The maximum atomic E-state index is 13.6. The molecule has 6 nitrogen and oxygen atoms in total. The molecule has 2 heterocycles. The van der Waals surface area contributed by atoms with Gasteiger partial charge in [-0.05, 0) is 42.3 Å². The highest BCUT2D eigenvalue weighted by Crippen LogP contribution is 2.46. The first-order valence-corrected chi connectivity index (χ1v) is 12.5. The van der Waals surface area contributed by atoms with Gasteiger partial charge in [0.05, 0.1) is 16.5 Å². The van der Waals surface area contributed by atoms with Crippen molar-refractivity contribution in [1.82, 2.24) is 8.87 Å². The summed E-state index contributed by atoms with van der Waals surface area (Å²) in [6.45, 7) is 1.26. The van der Waals surface area contributed by atoms with Crippen LogP contribution in [0.1, 0.15) is 33.9 Å². The van der Waals surface area contributed by atoms with Gasteiger partial charge in [-0.25, -0.2) is 8.42 Å². The second-order valence-electron chi connectivity index (χ2n) is 8.82. The Morgan fingerprint density at radius 3 is 2.47 bits per heavy atom. The van der Waals surface area contributed by atoms with E-state index in [1.54, 1.807) is 35.0 Å². The highest BCUT2D eigenvalue weighted by molar-refractivity contribution is 7.89. The lowest BCUT2D eigenvalue weighted by Crippen LogP contribution is -2.28. The number of carbonyl (C=O) groups is 1. The smallest absolute Gasteiger partial charge is 0.416 e. The van der Waals surface area contributed by atoms with Crippen molar-refractivity contribution in [2.24, 2.45) is 0 Å². The molecule has 0 spiro atoms. The lowest BCUT2D eigenvalue weighted by Gasteiger charge is -2.24. The number of nitrogens with zero attached hydrogens (tertiary/aromatic N) is 2. The Morgan fingerprint density at radius 1 is 1.00 bits per heavy atom. The zero-order valence-corrected chi connectivity index (χ0v) is 19.8. The average molecular weight is 515 g/mol. The molecule has 186 valence electrons. The van der Waals surface area contributed by atoms with Crippen LogP contribution >= 0.6 is 0 Å². The Kier molecular flexibility index (Phi) is 5.68. The summed E-state index contributed by atoms with van der Waals surface area (Å²) < 4.78 is 70.0. The molecule has 0 fully saturated rings. The number of aromatic nitrogens is 1. The van der Waals surface area contributed by atoms with E-state index in [0.29, 0.717) is 22.0 Å². The van der Waals surface area contributed by atoms with Gasteiger partial charge in [0.2, 0.25) is 10.0 Å². The molecule has 4 aromatic rings. The standard InChI is InChI=1S/C26H21F3N2O4S/c1-16-9-10-22-20(11-16)21(14-30(22)15-24(32)33)25-19-7-2-3-8-23(19)36(34,35)31(25)13-17-5-4-6-18(12-17)26(27,28)29/h2-12,14,25H,13,15H2,1H3,(H,32,33). The second-order valence-corrected chi connectivity index (χ2v) is 10.7. The van der Waals surface area contributed by atoms with Crippen LogP contribution in [0.5, 0.6) is 0 Å². The first-order chi connectivity index (χ1) is 17.0. The topological polar surface area (TPSA) is 79.6 Å². The molecule has 0 amide bonds. The first-order valence-electron chi connectivity index (χ1n) is 11.0. The van der Waals surface area contributed by atoms with E-state index in [9.17, 15) is 31.5 Å². The maximum Gasteiger partial charge on any atom is 0.416 e. The second kappa shape index (κ2) is 8.49. The largest absolute Gasteiger partial charge is 0.480 e. The molecular formula is C26H21F3N2O4S. The van der Waals surface area contributed by atoms with Crippen LogP contribution in [0.3, 0.4) is 0 Å². The molecule has 1 aromatic heterocycles. The fourth-order valence-electron chi connectivity index (χ4n) is 4.82. The molecule has 0 saturated carbocycles. The zero-order chi connectivity index (χ0) is 25.8. The highest BCUT2D eigenvalue weighted by Gasteiger charge is 2.44. The summed E-state index contributed by atoms with van der Waals surface area (Å²) in [6, 6.07) is 15.7. The van der Waals surface area contributed by atoms with Crippen LogP contribution in [0.4, 0.5) is 13.2 Å². The van der Waals surface area contributed by atoms with Gasteiger partial charge in [-0.1, -0.05) is 48.0 Å². The first kappa shape index (κ1) is 24.1. The van der Waals surface area contributed by atoms with Crippen LogP contribution in [-0.4, -0.2) is 28.4 Å². The lowest BCUT2D eigenvalue weighted by atomic mass is 9.97. The molecule has 0 aliphatic carbocycles. The van der Waals surface area contributed by atoms with Crippen LogP contribution in [0.2, 0.25) is 0 Å². The van der Waals surface area contributed by atoms with Crippen molar-refractivity contribution in [1.29, 1.82) is 0 Å². The molecule has 10 heteroatoms. The van der Waals surface area contributed by atoms with Gasteiger partial charge in [0, 0.05) is 29.2 Å². The summed E-state index contributed by atoms with van der Waals surface area (Å²) >= 11 is 0. The number of carboxylic acid groups (broad SMARTS) is 1. The monoisotopic (exact) mass is 514 g/mol. The minimum Gasteiger partial charge on any atom is -0.480 e. The number of sulfonamides is 1. The van der Waals surface area contributed by atoms with Gasteiger partial charge < -0.3 is 9.67 Å². The summed E-state index contributed by atoms with van der Waals surface area (Å²) in [5.74, 6) is -1.06. The number of fused-ring (bicyclic) bond motifs is 2. The number of rotatable bonds is 5. The molecule has 0 radical (unpaired) electrons. The van der Waals surface area contributed by atoms with Crippen LogP contribution in [-0.2, 0) is 34.1 Å². The van der Waals surface area contributed by atoms with E-state index in [2.05, 4.69) is 0 Å². The predicted molar refractivity (Wildman–Crippen MR) is 127 cm³/mol. The Labute approximate surface area is 205 Å². The van der Waals surface area contributed by atoms with Gasteiger partial charge in [0.25, 0.3) is 0 Å². The predicted octanol–water partition coefficient (Wildman–Crippen LogP) is 5.35. The summed E-state index contributed by atoms with van der Waals surface area (Å²) in [7, 11) is -4.06. The Hall–Kier alpha value is -3.63. The van der Waals surface area contributed by atoms with E-state index in [0.717, 1.165) is 17.7 Å². The third-order valence-electron chi connectivity index (χ3n) is 6.35. The van der Waals surface area contributed by atoms with Gasteiger partial charge in [-0.15, -0.1) is 0 Å². The molecule has 0 saturated heterocycles. The molecule has 1 unspecified atom stereocenters. The molecule has 36 heavy (non-hydrogen) atoms. The van der Waals surface area contributed by atoms with Crippen molar-refractivity contribution in [3.63, 3.8) is 0 Å². The molecule has 0 bridgehead atoms. The summed E-state index contributed by atoms with van der Waals surface area (Å²) in [5.41, 5.74) is 1.90. The summed E-state index contributed by atoms with van der Waals surface area (Å²) in [4.78, 5) is 11.6. The van der Waals surface area contributed by atoms with E-state index >= 15 is 0 Å². The third-order valence-corrected chi connectivity index (χ3v) is 8.23. The SMILES string of the molecule is Cc1ccc2c(c1)c(C1c3ccccc3S(=O)(=O)N1Cc1cccc(C(F)(F)F)c1)cn2CC(=O)O. The number of hydrogen-bond donors (Lipinski definition) is 1. The highest BCUT2D eigenvalue weighted by atomic mass is 32.2. The van der Waals surface area contributed by atoms with Gasteiger partial charge in [-0.3, -0.25) is 4.79 Å². The average Bonchev–Trinajstić information content (AvgIpc) is 3.25. The number of benzene rings is 3. The van der Waals surface area contributed by atoms with Crippen molar-refractivity contribution < 1.29 is 31.5 Å². The van der Waals surface area contributed by atoms with E-state index in [1.807, 2.05) is 19.1 Å². The number of alkyl halides is 3. The maximum absolute atomic E-state index is 13.6. The van der Waals surface area contributed by atoms with Crippen molar-refractivity contribution in [3.8, 4) is 0 Å². The minimum absolute atomic E-state index is 0.0776. The number of aliphatic carboxylic acids is 1. The fourth-order valence-corrected chi connectivity index (χ4v) is 6.62. The Bertz CT molecular complexity index is 1610. The van der Waals surface area contributed by atoms with E-state index in [4.69, 9.17) is 0 Å². The number of halogens is 3. The number of aryl methyl sites for hydroxylation is 1. The fraction of sp³-hybridized carbons (Fsp3) is 0.192. The Balaban J connectivity index is 1.71.